The molecule has 0 fully saturated rings. The molecule has 2 nitrogen and oxygen atoms in total. The van der Waals surface area contributed by atoms with Crippen LogP contribution >= 0.6 is 0 Å². The zero-order chi connectivity index (χ0) is 14.5. The molecule has 0 bridgehead atoms. The van der Waals surface area contributed by atoms with E-state index in [1.165, 1.54) is 0 Å². The highest BCUT2D eigenvalue weighted by Gasteiger charge is 2.04. The molecule has 0 radical (unpaired) electrons. The van der Waals surface area contributed by atoms with Crippen molar-refractivity contribution in [2.45, 2.75) is 6.92 Å². The molecule has 0 N–H and O–H groups in total. The highest BCUT2D eigenvalue weighted by atomic mass is 14.8. The van der Waals surface area contributed by atoms with E-state index in [1.807, 2.05) is 54.6 Å². The number of para-hydroxylation sites is 2. The number of rotatable bonds is 0. The predicted octanol–water partition coefficient (Wildman–Crippen LogP) is 3.40. The minimum Gasteiger partial charge on any atom is -0.235 e. The Balaban J connectivity index is 2.14. The van der Waals surface area contributed by atoms with Crippen molar-refractivity contribution in [1.82, 2.24) is 9.97 Å². The Bertz CT molecular complexity index is 904. The van der Waals surface area contributed by atoms with Gasteiger partial charge in [-0.3, -0.25) is 0 Å². The van der Waals surface area contributed by atoms with Crippen molar-refractivity contribution in [2.24, 2.45) is 0 Å². The van der Waals surface area contributed by atoms with Gasteiger partial charge in [0.05, 0.1) is 11.0 Å². The molecule has 0 aliphatic rings. The van der Waals surface area contributed by atoms with Crippen LogP contribution in [0.3, 0.4) is 0 Å². The number of benzene rings is 2. The minimum absolute atomic E-state index is 0.618. The fourth-order valence-corrected chi connectivity index (χ4v) is 1.95. The van der Waals surface area contributed by atoms with Gasteiger partial charge in [0.25, 0.3) is 0 Å². The zero-order valence-electron chi connectivity index (χ0n) is 11.6. The summed E-state index contributed by atoms with van der Waals surface area (Å²) < 4.78 is 0. The van der Waals surface area contributed by atoms with Crippen molar-refractivity contribution < 1.29 is 0 Å². The molecule has 0 saturated carbocycles. The molecule has 0 amide bonds. The van der Waals surface area contributed by atoms with Crippen molar-refractivity contribution in [3.8, 4) is 23.7 Å². The number of aromatic nitrogens is 2. The maximum absolute atomic E-state index is 4.57. The lowest BCUT2D eigenvalue weighted by molar-refractivity contribution is 1.23. The van der Waals surface area contributed by atoms with Gasteiger partial charge in [-0.2, -0.15) is 0 Å². The van der Waals surface area contributed by atoms with E-state index in [4.69, 9.17) is 0 Å². The fraction of sp³-hybridized carbons (Fsp3) is 0.0526. The molecule has 0 unspecified atom stereocenters. The van der Waals surface area contributed by atoms with Crippen LogP contribution < -0.4 is 0 Å². The lowest BCUT2D eigenvalue weighted by Gasteiger charge is -2.00. The Morgan fingerprint density at radius 1 is 0.667 bits per heavy atom. The third kappa shape index (κ3) is 2.91. The summed E-state index contributed by atoms with van der Waals surface area (Å²) in [5.74, 6) is 12.0. The van der Waals surface area contributed by atoms with E-state index in [1.54, 1.807) is 6.92 Å². The molecule has 21 heavy (non-hydrogen) atoms. The van der Waals surface area contributed by atoms with Gasteiger partial charge in [-0.05, 0) is 43.0 Å². The molecular weight excluding hydrogens is 256 g/mol. The predicted molar refractivity (Wildman–Crippen MR) is 84.5 cm³/mol. The molecule has 3 rings (SSSR count). The first-order chi connectivity index (χ1) is 10.4. The molecule has 0 spiro atoms. The van der Waals surface area contributed by atoms with Gasteiger partial charge in [0, 0.05) is 5.56 Å². The van der Waals surface area contributed by atoms with E-state index in [0.29, 0.717) is 11.4 Å². The van der Waals surface area contributed by atoms with Gasteiger partial charge in [0.1, 0.15) is 11.4 Å². The van der Waals surface area contributed by atoms with Crippen LogP contribution in [0.25, 0.3) is 11.0 Å². The minimum atomic E-state index is 0.618. The number of hydrogen-bond acceptors (Lipinski definition) is 2. The maximum atomic E-state index is 4.57. The summed E-state index contributed by atoms with van der Waals surface area (Å²) in [7, 11) is 0. The molecule has 2 heteroatoms. The molecule has 1 heterocycles. The molecule has 0 atom stereocenters. The molecule has 0 aliphatic carbocycles. The Labute approximate surface area is 123 Å². The second-order valence-electron chi connectivity index (χ2n) is 4.40. The lowest BCUT2D eigenvalue weighted by atomic mass is 10.2. The SMILES string of the molecule is CC#Cc1nc2ccccc2nc1C#Cc1ccccc1. The van der Waals surface area contributed by atoms with Crippen LogP contribution in [0.15, 0.2) is 54.6 Å². The van der Waals surface area contributed by atoms with Crippen molar-refractivity contribution >= 4 is 11.0 Å². The second-order valence-corrected chi connectivity index (χ2v) is 4.40. The first kappa shape index (κ1) is 12.9. The summed E-state index contributed by atoms with van der Waals surface area (Å²) in [6.45, 7) is 1.78. The average molecular weight is 268 g/mol. The van der Waals surface area contributed by atoms with Crippen LogP contribution in [0.2, 0.25) is 0 Å². The Hall–Kier alpha value is -3.10. The summed E-state index contributed by atoms with van der Waals surface area (Å²) in [6.07, 6.45) is 0. The molecule has 98 valence electrons. The Morgan fingerprint density at radius 3 is 1.86 bits per heavy atom. The van der Waals surface area contributed by atoms with Gasteiger partial charge in [-0.25, -0.2) is 9.97 Å². The topological polar surface area (TPSA) is 25.8 Å². The maximum Gasteiger partial charge on any atom is 0.148 e. The first-order valence-electron chi connectivity index (χ1n) is 6.63. The molecule has 0 aliphatic heterocycles. The lowest BCUT2D eigenvalue weighted by Crippen LogP contribution is -1.95. The van der Waals surface area contributed by atoms with Crippen LogP contribution in [0, 0.1) is 23.7 Å². The van der Waals surface area contributed by atoms with Crippen molar-refractivity contribution in [1.29, 1.82) is 0 Å². The van der Waals surface area contributed by atoms with E-state index in [0.717, 1.165) is 16.6 Å². The van der Waals surface area contributed by atoms with Gasteiger partial charge in [-0.15, -0.1) is 0 Å². The number of hydrogen-bond donors (Lipinski definition) is 0. The van der Waals surface area contributed by atoms with Crippen LogP contribution in [-0.4, -0.2) is 9.97 Å². The Kier molecular flexibility index (Phi) is 3.63. The molecule has 3 aromatic rings. The summed E-state index contributed by atoms with van der Waals surface area (Å²) in [5.41, 5.74) is 3.85. The monoisotopic (exact) mass is 268 g/mol. The van der Waals surface area contributed by atoms with Crippen LogP contribution in [0.1, 0.15) is 23.9 Å². The highest BCUT2D eigenvalue weighted by Crippen LogP contribution is 2.11. The van der Waals surface area contributed by atoms with Crippen molar-refractivity contribution in [3.63, 3.8) is 0 Å². The van der Waals surface area contributed by atoms with E-state index in [2.05, 4.69) is 33.6 Å². The summed E-state index contributed by atoms with van der Waals surface area (Å²) >= 11 is 0. The Morgan fingerprint density at radius 2 is 1.24 bits per heavy atom. The van der Waals surface area contributed by atoms with Crippen molar-refractivity contribution in [2.75, 3.05) is 0 Å². The molecule has 2 aromatic carbocycles. The largest absolute Gasteiger partial charge is 0.235 e. The quantitative estimate of drug-likeness (QED) is 0.584. The van der Waals surface area contributed by atoms with Gasteiger partial charge >= 0.3 is 0 Å². The highest BCUT2D eigenvalue weighted by molar-refractivity contribution is 5.75. The molecule has 1 aromatic heterocycles. The van der Waals surface area contributed by atoms with Crippen LogP contribution in [0.5, 0.6) is 0 Å². The van der Waals surface area contributed by atoms with Crippen molar-refractivity contribution in [3.05, 3.63) is 71.5 Å². The average Bonchev–Trinajstić information content (AvgIpc) is 2.54. The zero-order valence-corrected chi connectivity index (χ0v) is 11.6. The fourth-order valence-electron chi connectivity index (χ4n) is 1.95. The summed E-state index contributed by atoms with van der Waals surface area (Å²) in [4.78, 5) is 9.11. The number of nitrogens with zero attached hydrogens (tertiary/aromatic N) is 2. The number of fused-ring (bicyclic) bond motifs is 1. The van der Waals surface area contributed by atoms with E-state index < -0.39 is 0 Å². The van der Waals surface area contributed by atoms with Crippen LogP contribution in [-0.2, 0) is 0 Å². The standard InChI is InChI=1S/C19H12N2/c1-2-8-16-19(14-13-15-9-4-3-5-10-15)21-18-12-7-6-11-17(18)20-16/h3-7,9-12H,1H3. The van der Waals surface area contributed by atoms with E-state index in [9.17, 15) is 0 Å². The summed E-state index contributed by atoms with van der Waals surface area (Å²) in [6, 6.07) is 17.6. The van der Waals surface area contributed by atoms with E-state index >= 15 is 0 Å². The second kappa shape index (κ2) is 5.90. The van der Waals surface area contributed by atoms with Crippen LogP contribution in [0.4, 0.5) is 0 Å². The van der Waals surface area contributed by atoms with Gasteiger partial charge in [0.15, 0.2) is 0 Å². The third-order valence-corrected chi connectivity index (χ3v) is 2.91. The van der Waals surface area contributed by atoms with Gasteiger partial charge in [0.2, 0.25) is 0 Å². The molecule has 0 saturated heterocycles. The smallest absolute Gasteiger partial charge is 0.148 e. The molecular formula is C19H12N2. The normalized spacial score (nSPS) is 9.38. The van der Waals surface area contributed by atoms with Gasteiger partial charge < -0.3 is 0 Å². The summed E-state index contributed by atoms with van der Waals surface area (Å²) in [5, 5.41) is 0. The third-order valence-electron chi connectivity index (χ3n) is 2.91. The first-order valence-corrected chi connectivity index (χ1v) is 6.63. The van der Waals surface area contributed by atoms with E-state index in [-0.39, 0.29) is 0 Å². The van der Waals surface area contributed by atoms with Gasteiger partial charge in [-0.1, -0.05) is 42.2 Å².